The van der Waals surface area contributed by atoms with E-state index in [2.05, 4.69) is 10.5 Å². The molecule has 0 aliphatic carbocycles. The molecule has 0 bridgehead atoms. The van der Waals surface area contributed by atoms with E-state index in [9.17, 15) is 15.0 Å². The zero-order chi connectivity index (χ0) is 25.6. The maximum atomic E-state index is 15.8. The van der Waals surface area contributed by atoms with E-state index in [1.807, 2.05) is 0 Å². The van der Waals surface area contributed by atoms with Crippen LogP contribution in [0.3, 0.4) is 0 Å². The number of methoxy groups -OCH3 is 2. The Balaban J connectivity index is 1.61. The molecule has 36 heavy (non-hydrogen) atoms. The molecule has 0 spiro atoms. The van der Waals surface area contributed by atoms with Crippen molar-refractivity contribution < 1.29 is 37.8 Å². The molecule has 4 aromatic rings. The van der Waals surface area contributed by atoms with E-state index in [0.717, 1.165) is 6.07 Å². The molecule has 0 saturated heterocycles. The van der Waals surface area contributed by atoms with Gasteiger partial charge in [-0.05, 0) is 28.4 Å². The molecular formula is C26H18F2N2O6. The van der Waals surface area contributed by atoms with E-state index in [4.69, 9.17) is 14.0 Å². The minimum Gasteiger partial charge on any atom is -0.504 e. The average molecular weight is 492 g/mol. The molecule has 3 N–H and O–H groups in total. The first kappa shape index (κ1) is 22.9. The zero-order valence-corrected chi connectivity index (χ0v) is 18.9. The number of halogens is 2. The summed E-state index contributed by atoms with van der Waals surface area (Å²) in [7, 11) is 2.76. The lowest BCUT2D eigenvalue weighted by Gasteiger charge is -2.12. The standard InChI is InChI=1S/C26H18F2N2O6/c1-34-17-5-3-4-14(24(17)31)12-6-8-13(9-7-12)20-15(27)10-16-21(23(20)28)22(26(33)29-16)25(32)18-11-19(35-2)30-36-18/h3-11,31-32H,1-2H3,(H,29,33)/b25-22+. The van der Waals surface area contributed by atoms with E-state index in [1.54, 1.807) is 30.3 Å². The second kappa shape index (κ2) is 8.73. The molecule has 182 valence electrons. The van der Waals surface area contributed by atoms with Gasteiger partial charge in [-0.25, -0.2) is 8.78 Å². The molecule has 0 saturated carbocycles. The topological polar surface area (TPSA) is 114 Å². The second-order valence-electron chi connectivity index (χ2n) is 7.81. The molecule has 1 aliphatic heterocycles. The average Bonchev–Trinajstić information content (AvgIpc) is 3.48. The number of nitrogens with one attached hydrogen (secondary N) is 1. The number of fused-ring (bicyclic) bond motifs is 1. The number of carbonyl (C=O) groups excluding carboxylic acids is 1. The molecule has 5 rings (SSSR count). The van der Waals surface area contributed by atoms with E-state index in [0.29, 0.717) is 11.1 Å². The lowest BCUT2D eigenvalue weighted by Crippen LogP contribution is -2.05. The van der Waals surface area contributed by atoms with E-state index in [1.165, 1.54) is 32.4 Å². The van der Waals surface area contributed by atoms with Crippen LogP contribution in [0.5, 0.6) is 17.4 Å². The first-order valence-electron chi connectivity index (χ1n) is 10.6. The number of ether oxygens (including phenoxy) is 2. The smallest absolute Gasteiger partial charge is 0.260 e. The lowest BCUT2D eigenvalue weighted by atomic mass is 9.95. The number of aromatic nitrogens is 1. The molecule has 0 radical (unpaired) electrons. The Labute approximate surface area is 203 Å². The number of amides is 1. The molecule has 0 unspecified atom stereocenters. The van der Waals surface area contributed by atoms with Gasteiger partial charge in [0.15, 0.2) is 17.3 Å². The zero-order valence-electron chi connectivity index (χ0n) is 18.9. The van der Waals surface area contributed by atoms with Crippen molar-refractivity contribution in [3.63, 3.8) is 0 Å². The molecule has 1 amide bonds. The van der Waals surface area contributed by atoms with Crippen molar-refractivity contribution in [3.05, 3.63) is 77.6 Å². The van der Waals surface area contributed by atoms with Crippen LogP contribution in [0.25, 0.3) is 33.6 Å². The molecule has 2 heterocycles. The van der Waals surface area contributed by atoms with Crippen LogP contribution in [0.15, 0.2) is 59.1 Å². The third kappa shape index (κ3) is 3.59. The molecule has 3 aromatic carbocycles. The van der Waals surface area contributed by atoms with Gasteiger partial charge in [-0.3, -0.25) is 4.79 Å². The van der Waals surface area contributed by atoms with Gasteiger partial charge in [0, 0.05) is 5.56 Å². The number of benzene rings is 3. The van der Waals surface area contributed by atoms with Crippen molar-refractivity contribution >= 4 is 22.9 Å². The summed E-state index contributed by atoms with van der Waals surface area (Å²) in [5.41, 5.74) is -0.0239. The number of hydrogen-bond donors (Lipinski definition) is 3. The van der Waals surface area contributed by atoms with Gasteiger partial charge in [-0.15, -0.1) is 0 Å². The number of para-hydroxylation sites is 1. The number of phenolic OH excluding ortho intramolecular Hbond substituents is 1. The van der Waals surface area contributed by atoms with Crippen LogP contribution in [0.4, 0.5) is 14.5 Å². The van der Waals surface area contributed by atoms with Crippen LogP contribution in [-0.4, -0.2) is 35.5 Å². The van der Waals surface area contributed by atoms with Crippen molar-refractivity contribution in [2.45, 2.75) is 0 Å². The van der Waals surface area contributed by atoms with Crippen molar-refractivity contribution in [3.8, 4) is 39.6 Å². The Kier molecular flexibility index (Phi) is 5.56. The van der Waals surface area contributed by atoms with Crippen molar-refractivity contribution in [1.82, 2.24) is 5.16 Å². The monoisotopic (exact) mass is 492 g/mol. The Morgan fingerprint density at radius 1 is 1.00 bits per heavy atom. The Hall–Kier alpha value is -4.86. The quantitative estimate of drug-likeness (QED) is 0.253. The molecule has 1 aromatic heterocycles. The summed E-state index contributed by atoms with van der Waals surface area (Å²) < 4.78 is 45.8. The van der Waals surface area contributed by atoms with Crippen LogP contribution in [0.2, 0.25) is 0 Å². The van der Waals surface area contributed by atoms with Gasteiger partial charge in [0.1, 0.15) is 11.6 Å². The first-order valence-corrected chi connectivity index (χ1v) is 10.6. The summed E-state index contributed by atoms with van der Waals surface area (Å²) in [5, 5.41) is 27.0. The normalized spacial score (nSPS) is 13.8. The molecule has 0 fully saturated rings. The largest absolute Gasteiger partial charge is 0.504 e. The maximum Gasteiger partial charge on any atom is 0.260 e. The number of hydrogen-bond acceptors (Lipinski definition) is 7. The number of anilines is 1. The number of phenols is 1. The van der Waals surface area contributed by atoms with Crippen molar-refractivity contribution in [2.75, 3.05) is 19.5 Å². The molecule has 1 aliphatic rings. The highest BCUT2D eigenvalue weighted by Crippen LogP contribution is 2.43. The minimum absolute atomic E-state index is 0.0400. The van der Waals surface area contributed by atoms with Gasteiger partial charge >= 0.3 is 0 Å². The summed E-state index contributed by atoms with van der Waals surface area (Å²) in [6.07, 6.45) is 0. The SMILES string of the molecule is COc1cc(/C(O)=C2\C(=O)Nc3cc(F)c(-c4ccc(-c5cccc(OC)c5O)cc4)c(F)c32)on1. The van der Waals surface area contributed by atoms with Crippen LogP contribution >= 0.6 is 0 Å². The summed E-state index contributed by atoms with van der Waals surface area (Å²) >= 11 is 0. The fraction of sp³-hybridized carbons (Fsp3) is 0.0769. The highest BCUT2D eigenvalue weighted by molar-refractivity contribution is 6.36. The van der Waals surface area contributed by atoms with Gasteiger partial charge in [-0.1, -0.05) is 36.4 Å². The number of rotatable bonds is 5. The van der Waals surface area contributed by atoms with Gasteiger partial charge in [0.05, 0.1) is 42.7 Å². The van der Waals surface area contributed by atoms with Gasteiger partial charge in [-0.2, -0.15) is 0 Å². The van der Waals surface area contributed by atoms with Crippen LogP contribution in [-0.2, 0) is 4.79 Å². The number of nitrogens with zero attached hydrogens (tertiary/aromatic N) is 1. The van der Waals surface area contributed by atoms with E-state index in [-0.39, 0.29) is 40.0 Å². The first-order chi connectivity index (χ1) is 17.3. The molecular weight excluding hydrogens is 474 g/mol. The highest BCUT2D eigenvalue weighted by atomic mass is 19.1. The fourth-order valence-electron chi connectivity index (χ4n) is 4.08. The van der Waals surface area contributed by atoms with Crippen molar-refractivity contribution in [2.24, 2.45) is 0 Å². The predicted molar refractivity (Wildman–Crippen MR) is 127 cm³/mol. The van der Waals surface area contributed by atoms with Crippen LogP contribution in [0, 0.1) is 11.6 Å². The van der Waals surface area contributed by atoms with Crippen molar-refractivity contribution in [1.29, 1.82) is 0 Å². The Morgan fingerprint density at radius 2 is 1.72 bits per heavy atom. The van der Waals surface area contributed by atoms with Gasteiger partial charge in [0.25, 0.3) is 11.8 Å². The molecule has 10 heteroatoms. The Bertz CT molecular complexity index is 1540. The Morgan fingerprint density at radius 3 is 2.39 bits per heavy atom. The molecule has 0 atom stereocenters. The van der Waals surface area contributed by atoms with Gasteiger partial charge in [0.2, 0.25) is 5.76 Å². The second-order valence-corrected chi connectivity index (χ2v) is 7.81. The van der Waals surface area contributed by atoms with Crippen LogP contribution < -0.4 is 14.8 Å². The van der Waals surface area contributed by atoms with E-state index >= 15 is 8.78 Å². The molecule has 8 nitrogen and oxygen atoms in total. The summed E-state index contributed by atoms with van der Waals surface area (Å²) in [6, 6.07) is 13.3. The lowest BCUT2D eigenvalue weighted by molar-refractivity contribution is -0.110. The number of aliphatic hydroxyl groups is 1. The maximum absolute atomic E-state index is 15.8. The number of carbonyl (C=O) groups is 1. The predicted octanol–water partition coefficient (Wildman–Crippen LogP) is 5.39. The number of aliphatic hydroxyl groups excluding tert-OH is 1. The fourth-order valence-corrected chi connectivity index (χ4v) is 4.08. The van der Waals surface area contributed by atoms with Crippen LogP contribution in [0.1, 0.15) is 11.3 Å². The third-order valence-electron chi connectivity index (χ3n) is 5.81. The summed E-state index contributed by atoms with van der Waals surface area (Å²) in [6.45, 7) is 0. The highest BCUT2D eigenvalue weighted by Gasteiger charge is 2.35. The minimum atomic E-state index is -1.05. The number of aromatic hydroxyl groups is 1. The van der Waals surface area contributed by atoms with Gasteiger partial charge < -0.3 is 29.5 Å². The van der Waals surface area contributed by atoms with E-state index < -0.39 is 34.4 Å². The summed E-state index contributed by atoms with van der Waals surface area (Å²) in [5.74, 6) is -3.44. The third-order valence-corrected chi connectivity index (χ3v) is 5.81. The summed E-state index contributed by atoms with van der Waals surface area (Å²) in [4.78, 5) is 12.6.